The van der Waals surface area contributed by atoms with E-state index in [1.165, 1.54) is 49.9 Å². The molecule has 4 fully saturated rings. The Hall–Kier alpha value is -0.790. The van der Waals surface area contributed by atoms with Crippen LogP contribution in [0.4, 0.5) is 5.13 Å². The molecule has 5 rings (SSSR count). The van der Waals surface area contributed by atoms with E-state index in [0.29, 0.717) is 21.5 Å². The van der Waals surface area contributed by atoms with Crippen molar-refractivity contribution in [2.24, 2.45) is 23.2 Å². The SMILES string of the molecule is CC(Nc1nc(Cl)c(C#N)s1)C12CC3CC(CC(C3)C1)C2. The summed E-state index contributed by atoms with van der Waals surface area (Å²) >= 11 is 7.36. The van der Waals surface area contributed by atoms with Crippen LogP contribution in [0.1, 0.15) is 50.3 Å². The molecule has 112 valence electrons. The number of hydrogen-bond donors (Lipinski definition) is 1. The second kappa shape index (κ2) is 4.86. The first-order chi connectivity index (χ1) is 10.1. The fourth-order valence-corrected chi connectivity index (χ4v) is 6.51. The molecule has 0 aromatic carbocycles. The molecule has 5 heteroatoms. The highest BCUT2D eigenvalue weighted by atomic mass is 35.5. The number of halogens is 1. The Morgan fingerprint density at radius 3 is 2.33 bits per heavy atom. The van der Waals surface area contributed by atoms with Gasteiger partial charge in [-0.25, -0.2) is 4.98 Å². The molecule has 4 aliphatic rings. The number of anilines is 1. The quantitative estimate of drug-likeness (QED) is 0.879. The maximum absolute atomic E-state index is 9.00. The summed E-state index contributed by atoms with van der Waals surface area (Å²) < 4.78 is 0. The molecular formula is C16H20ClN3S. The Bertz CT molecular complexity index is 568. The number of nitrogens with one attached hydrogen (secondary N) is 1. The second-order valence-electron chi connectivity index (χ2n) is 7.40. The van der Waals surface area contributed by atoms with Gasteiger partial charge in [0.05, 0.1) is 0 Å². The van der Waals surface area contributed by atoms with E-state index in [1.54, 1.807) is 0 Å². The van der Waals surface area contributed by atoms with Crippen molar-refractivity contribution in [3.05, 3.63) is 10.0 Å². The monoisotopic (exact) mass is 321 g/mol. The summed E-state index contributed by atoms with van der Waals surface area (Å²) in [6, 6.07) is 2.52. The summed E-state index contributed by atoms with van der Waals surface area (Å²) in [5, 5.41) is 13.7. The van der Waals surface area contributed by atoms with Gasteiger partial charge in [0, 0.05) is 6.04 Å². The highest BCUT2D eigenvalue weighted by Crippen LogP contribution is 2.61. The number of nitrogens with zero attached hydrogens (tertiary/aromatic N) is 2. The summed E-state index contributed by atoms with van der Waals surface area (Å²) in [5.74, 6) is 2.86. The fourth-order valence-electron chi connectivity index (χ4n) is 5.48. The summed E-state index contributed by atoms with van der Waals surface area (Å²) in [4.78, 5) is 4.81. The molecule has 1 unspecified atom stereocenters. The third-order valence-corrected chi connectivity index (χ3v) is 7.31. The van der Waals surface area contributed by atoms with Crippen LogP contribution in [0.3, 0.4) is 0 Å². The second-order valence-corrected chi connectivity index (χ2v) is 8.75. The molecule has 0 amide bonds. The van der Waals surface area contributed by atoms with Crippen LogP contribution in [0.5, 0.6) is 0 Å². The van der Waals surface area contributed by atoms with Gasteiger partial charge >= 0.3 is 0 Å². The summed E-state index contributed by atoms with van der Waals surface area (Å²) in [6.45, 7) is 2.30. The zero-order valence-corrected chi connectivity index (χ0v) is 13.8. The average molecular weight is 322 g/mol. The van der Waals surface area contributed by atoms with Gasteiger partial charge in [0.1, 0.15) is 10.9 Å². The number of rotatable bonds is 3. The van der Waals surface area contributed by atoms with Crippen molar-refractivity contribution in [3.63, 3.8) is 0 Å². The average Bonchev–Trinajstić information content (AvgIpc) is 2.77. The van der Waals surface area contributed by atoms with Gasteiger partial charge in [-0.3, -0.25) is 0 Å². The molecule has 0 saturated heterocycles. The first-order valence-electron chi connectivity index (χ1n) is 7.91. The molecule has 1 N–H and O–H groups in total. The van der Waals surface area contributed by atoms with Crippen molar-refractivity contribution in [2.75, 3.05) is 5.32 Å². The molecule has 4 bridgehead atoms. The van der Waals surface area contributed by atoms with Crippen LogP contribution >= 0.6 is 22.9 Å². The molecule has 0 radical (unpaired) electrons. The van der Waals surface area contributed by atoms with Crippen LogP contribution in [-0.2, 0) is 0 Å². The van der Waals surface area contributed by atoms with Crippen molar-refractivity contribution in [1.29, 1.82) is 5.26 Å². The van der Waals surface area contributed by atoms with Crippen molar-refractivity contribution < 1.29 is 0 Å². The minimum atomic E-state index is 0.336. The van der Waals surface area contributed by atoms with Crippen LogP contribution in [0.25, 0.3) is 0 Å². The van der Waals surface area contributed by atoms with Crippen molar-refractivity contribution in [2.45, 2.75) is 51.5 Å². The normalized spacial score (nSPS) is 38.2. The maximum atomic E-state index is 9.00. The highest BCUT2D eigenvalue weighted by Gasteiger charge is 2.53. The van der Waals surface area contributed by atoms with E-state index in [1.807, 2.05) is 0 Å². The number of nitriles is 1. The van der Waals surface area contributed by atoms with Gasteiger partial charge in [0.15, 0.2) is 10.3 Å². The Balaban J connectivity index is 1.54. The topological polar surface area (TPSA) is 48.7 Å². The van der Waals surface area contributed by atoms with E-state index in [0.717, 1.165) is 22.9 Å². The molecule has 4 aliphatic carbocycles. The predicted octanol–water partition coefficient (Wildman–Crippen LogP) is 4.68. The summed E-state index contributed by atoms with van der Waals surface area (Å²) in [7, 11) is 0. The Morgan fingerprint density at radius 1 is 1.29 bits per heavy atom. The van der Waals surface area contributed by atoms with Crippen LogP contribution in [0.2, 0.25) is 5.15 Å². The van der Waals surface area contributed by atoms with Gasteiger partial charge in [-0.2, -0.15) is 5.26 Å². The first-order valence-corrected chi connectivity index (χ1v) is 9.10. The summed E-state index contributed by atoms with van der Waals surface area (Å²) in [6.07, 6.45) is 8.51. The highest BCUT2D eigenvalue weighted by molar-refractivity contribution is 7.16. The largest absolute Gasteiger partial charge is 0.358 e. The molecule has 1 aromatic rings. The van der Waals surface area contributed by atoms with E-state index in [-0.39, 0.29) is 0 Å². The van der Waals surface area contributed by atoms with Crippen molar-refractivity contribution in [3.8, 4) is 6.07 Å². The van der Waals surface area contributed by atoms with E-state index in [4.69, 9.17) is 16.9 Å². The molecule has 1 atom stereocenters. The lowest BCUT2D eigenvalue weighted by atomic mass is 9.48. The lowest BCUT2D eigenvalue weighted by molar-refractivity contribution is -0.0602. The van der Waals surface area contributed by atoms with E-state index >= 15 is 0 Å². The lowest BCUT2D eigenvalue weighted by Gasteiger charge is -2.59. The van der Waals surface area contributed by atoms with Crippen molar-refractivity contribution in [1.82, 2.24) is 4.98 Å². The Kier molecular flexibility index (Phi) is 3.20. The number of aromatic nitrogens is 1. The molecule has 0 aliphatic heterocycles. The van der Waals surface area contributed by atoms with Gasteiger partial charge in [-0.05, 0) is 68.6 Å². The first kappa shape index (κ1) is 13.8. The van der Waals surface area contributed by atoms with E-state index in [9.17, 15) is 0 Å². The molecule has 4 saturated carbocycles. The predicted molar refractivity (Wildman–Crippen MR) is 85.5 cm³/mol. The maximum Gasteiger partial charge on any atom is 0.185 e. The zero-order valence-electron chi connectivity index (χ0n) is 12.2. The molecule has 3 nitrogen and oxygen atoms in total. The smallest absolute Gasteiger partial charge is 0.185 e. The van der Waals surface area contributed by atoms with Crippen LogP contribution in [0, 0.1) is 34.5 Å². The molecular weight excluding hydrogens is 302 g/mol. The van der Waals surface area contributed by atoms with Crippen LogP contribution in [-0.4, -0.2) is 11.0 Å². The minimum absolute atomic E-state index is 0.336. The number of thiazole rings is 1. The minimum Gasteiger partial charge on any atom is -0.358 e. The molecule has 1 heterocycles. The number of hydrogen-bond acceptors (Lipinski definition) is 4. The van der Waals surface area contributed by atoms with Gasteiger partial charge in [-0.15, -0.1) is 0 Å². The molecule has 21 heavy (non-hydrogen) atoms. The van der Waals surface area contributed by atoms with Crippen LogP contribution in [0.15, 0.2) is 0 Å². The fraction of sp³-hybridized carbons (Fsp3) is 0.750. The Morgan fingerprint density at radius 2 is 1.86 bits per heavy atom. The standard InChI is InChI=1S/C16H20ClN3S/c1-9(19-15-20-14(17)13(8-18)21-15)16-5-10-2-11(6-16)4-12(3-10)7-16/h9-12H,2-7H2,1H3,(H,19,20). The van der Waals surface area contributed by atoms with Gasteiger partial charge in [0.2, 0.25) is 0 Å². The zero-order chi connectivity index (χ0) is 14.6. The molecule has 1 aromatic heterocycles. The third-order valence-electron chi connectivity index (χ3n) is 6.03. The third kappa shape index (κ3) is 2.26. The van der Waals surface area contributed by atoms with Crippen molar-refractivity contribution >= 4 is 28.1 Å². The van der Waals surface area contributed by atoms with E-state index in [2.05, 4.69) is 23.3 Å². The summed E-state index contributed by atoms with van der Waals surface area (Å²) in [5.41, 5.74) is 0.444. The van der Waals surface area contributed by atoms with Crippen LogP contribution < -0.4 is 5.32 Å². The lowest BCUT2D eigenvalue weighted by Crippen LogP contribution is -2.52. The Labute approximate surface area is 134 Å². The van der Waals surface area contributed by atoms with E-state index < -0.39 is 0 Å². The van der Waals surface area contributed by atoms with Gasteiger partial charge in [-0.1, -0.05) is 22.9 Å². The van der Waals surface area contributed by atoms with Gasteiger partial charge in [0.25, 0.3) is 0 Å². The van der Waals surface area contributed by atoms with Gasteiger partial charge < -0.3 is 5.32 Å². The molecule has 0 spiro atoms.